The van der Waals surface area contributed by atoms with Crippen molar-refractivity contribution in [2.75, 3.05) is 0 Å². The Morgan fingerprint density at radius 2 is 2.00 bits per heavy atom. The third-order valence-electron chi connectivity index (χ3n) is 4.79. The highest BCUT2D eigenvalue weighted by molar-refractivity contribution is 7.99. The first-order valence-electron chi connectivity index (χ1n) is 8.67. The Morgan fingerprint density at radius 1 is 1.21 bits per heavy atom. The van der Waals surface area contributed by atoms with Gasteiger partial charge in [0.15, 0.2) is 0 Å². The third-order valence-corrected chi connectivity index (χ3v) is 6.40. The van der Waals surface area contributed by atoms with E-state index < -0.39 is 5.97 Å². The summed E-state index contributed by atoms with van der Waals surface area (Å²) in [4.78, 5) is 13.5. The van der Waals surface area contributed by atoms with Gasteiger partial charge >= 0.3 is 5.97 Å². The smallest absolute Gasteiger partial charge is 0.335 e. The highest BCUT2D eigenvalue weighted by Crippen LogP contribution is 2.41. The average molecular weight is 412 g/mol. The van der Waals surface area contributed by atoms with Crippen molar-refractivity contribution in [1.29, 1.82) is 0 Å². The average Bonchev–Trinajstić information content (AvgIpc) is 3.17. The van der Waals surface area contributed by atoms with E-state index in [4.69, 9.17) is 11.6 Å². The summed E-state index contributed by atoms with van der Waals surface area (Å²) in [5, 5.41) is 15.5. The zero-order valence-electron chi connectivity index (χ0n) is 15.6. The molecular weight excluding hydrogens is 394 g/mol. The first-order valence-corrected chi connectivity index (χ1v) is 9.86. The fraction of sp³-hybridized carbons (Fsp3) is 0.143. The highest BCUT2D eigenvalue weighted by Gasteiger charge is 2.19. The van der Waals surface area contributed by atoms with Crippen LogP contribution in [0.15, 0.2) is 58.6 Å². The molecule has 0 aliphatic rings. The van der Waals surface area contributed by atoms with Crippen molar-refractivity contribution in [3.05, 3.63) is 70.6 Å². The minimum absolute atomic E-state index is 0.321. The van der Waals surface area contributed by atoms with Crippen LogP contribution in [0.2, 0.25) is 5.02 Å². The molecule has 2 aromatic carbocycles. The molecule has 4 aromatic rings. The lowest BCUT2D eigenvalue weighted by molar-refractivity contribution is 0.0696. The molecule has 0 unspecified atom stereocenters. The van der Waals surface area contributed by atoms with Crippen molar-refractivity contribution in [2.24, 2.45) is 7.05 Å². The first-order chi connectivity index (χ1) is 13.4. The molecule has 0 spiro atoms. The number of hydrogen-bond acceptors (Lipinski definition) is 3. The van der Waals surface area contributed by atoms with Gasteiger partial charge in [-0.3, -0.25) is 4.68 Å². The summed E-state index contributed by atoms with van der Waals surface area (Å²) in [7, 11) is 1.88. The number of carboxylic acid groups (broad SMARTS) is 1. The van der Waals surface area contributed by atoms with Gasteiger partial charge in [-0.15, -0.1) is 0 Å². The Balaban J connectivity index is 1.93. The maximum Gasteiger partial charge on any atom is 0.335 e. The molecule has 0 atom stereocenters. The Morgan fingerprint density at radius 3 is 2.68 bits per heavy atom. The number of rotatable bonds is 4. The molecule has 28 heavy (non-hydrogen) atoms. The minimum atomic E-state index is -0.916. The van der Waals surface area contributed by atoms with Gasteiger partial charge in [0.25, 0.3) is 0 Å². The van der Waals surface area contributed by atoms with E-state index in [9.17, 15) is 9.90 Å². The molecule has 0 bridgehead atoms. The summed E-state index contributed by atoms with van der Waals surface area (Å²) in [5.41, 5.74) is 4.08. The van der Waals surface area contributed by atoms with Crippen LogP contribution in [0.3, 0.4) is 0 Å². The number of carbonyl (C=O) groups is 1. The molecule has 0 aliphatic carbocycles. The van der Waals surface area contributed by atoms with E-state index >= 15 is 0 Å². The van der Waals surface area contributed by atoms with E-state index in [1.165, 1.54) is 0 Å². The Kier molecular flexibility index (Phi) is 4.69. The quantitative estimate of drug-likeness (QED) is 0.482. The van der Waals surface area contributed by atoms with Crippen molar-refractivity contribution in [1.82, 2.24) is 14.3 Å². The number of aryl methyl sites for hydroxylation is 1. The topological polar surface area (TPSA) is 60.0 Å². The highest BCUT2D eigenvalue weighted by atomic mass is 35.5. The van der Waals surface area contributed by atoms with Gasteiger partial charge in [-0.2, -0.15) is 5.10 Å². The van der Waals surface area contributed by atoms with Crippen LogP contribution >= 0.6 is 23.4 Å². The second-order valence-corrected chi connectivity index (χ2v) is 8.11. The number of hydrogen-bond donors (Lipinski definition) is 1. The second-order valence-electron chi connectivity index (χ2n) is 6.62. The van der Waals surface area contributed by atoms with Gasteiger partial charge in [-0.1, -0.05) is 35.5 Å². The monoisotopic (exact) mass is 411 g/mol. The van der Waals surface area contributed by atoms with E-state index in [2.05, 4.69) is 16.6 Å². The molecule has 0 aliphatic heterocycles. The van der Waals surface area contributed by atoms with Crippen molar-refractivity contribution in [3.8, 4) is 5.69 Å². The minimum Gasteiger partial charge on any atom is -0.478 e. The summed E-state index contributed by atoms with van der Waals surface area (Å²) in [6.45, 7) is 3.90. The predicted molar refractivity (Wildman–Crippen MR) is 112 cm³/mol. The molecule has 0 saturated carbocycles. The van der Waals surface area contributed by atoms with Crippen molar-refractivity contribution < 1.29 is 9.90 Å². The van der Waals surface area contributed by atoms with E-state index in [1.807, 2.05) is 50.6 Å². The number of aromatic carboxylic acids is 1. The summed E-state index contributed by atoms with van der Waals surface area (Å²) < 4.78 is 3.89. The third kappa shape index (κ3) is 3.08. The van der Waals surface area contributed by atoms with E-state index in [0.717, 1.165) is 37.6 Å². The van der Waals surface area contributed by atoms with E-state index in [1.54, 1.807) is 28.6 Å². The predicted octanol–water partition coefficient (Wildman–Crippen LogP) is 5.48. The van der Waals surface area contributed by atoms with Crippen molar-refractivity contribution >= 4 is 40.2 Å². The van der Waals surface area contributed by atoms with Crippen LogP contribution in [0, 0.1) is 13.8 Å². The maximum absolute atomic E-state index is 11.5. The lowest BCUT2D eigenvalue weighted by Gasteiger charge is -2.09. The fourth-order valence-corrected chi connectivity index (χ4v) is 4.73. The van der Waals surface area contributed by atoms with Crippen LogP contribution < -0.4 is 0 Å². The number of carboxylic acids is 1. The largest absolute Gasteiger partial charge is 0.478 e. The number of nitrogens with zero attached hydrogens (tertiary/aromatic N) is 3. The van der Waals surface area contributed by atoms with Gasteiger partial charge in [0, 0.05) is 39.1 Å². The van der Waals surface area contributed by atoms with Crippen LogP contribution in [0.5, 0.6) is 0 Å². The summed E-state index contributed by atoms with van der Waals surface area (Å²) in [5.74, 6) is -0.916. The molecule has 142 valence electrons. The van der Waals surface area contributed by atoms with Gasteiger partial charge in [0.05, 0.1) is 23.0 Å². The fourth-order valence-electron chi connectivity index (χ4n) is 3.41. The Labute approximate surface area is 171 Å². The zero-order chi connectivity index (χ0) is 20.0. The lowest BCUT2D eigenvalue weighted by atomic mass is 10.1. The van der Waals surface area contributed by atoms with Crippen LogP contribution in [0.4, 0.5) is 0 Å². The van der Waals surface area contributed by atoms with Crippen LogP contribution in [-0.2, 0) is 7.05 Å². The summed E-state index contributed by atoms with van der Waals surface area (Å²) >= 11 is 7.86. The second kappa shape index (κ2) is 7.04. The van der Waals surface area contributed by atoms with Gasteiger partial charge in [-0.25, -0.2) is 4.79 Å². The molecule has 2 aromatic heterocycles. The molecular formula is C21H18ClN3O2S. The normalized spacial score (nSPS) is 11.3. The van der Waals surface area contributed by atoms with E-state index in [0.29, 0.717) is 10.6 Å². The number of fused-ring (bicyclic) bond motifs is 1. The molecule has 5 nitrogen and oxygen atoms in total. The number of benzene rings is 2. The maximum atomic E-state index is 11.5. The van der Waals surface area contributed by atoms with Gasteiger partial charge in [0.2, 0.25) is 0 Å². The summed E-state index contributed by atoms with van der Waals surface area (Å²) in [6.07, 6.45) is 3.77. The Hall–Kier alpha value is -2.70. The number of halogens is 1. The van der Waals surface area contributed by atoms with Crippen LogP contribution in [0.25, 0.3) is 16.6 Å². The van der Waals surface area contributed by atoms with Crippen LogP contribution in [0.1, 0.15) is 21.6 Å². The van der Waals surface area contributed by atoms with Gasteiger partial charge in [0.1, 0.15) is 0 Å². The zero-order valence-corrected chi connectivity index (χ0v) is 17.2. The SMILES string of the molecule is Cc1c(Sc2c(C)n(-c3cnn(C)c3)c3cc(Cl)ccc23)cccc1C(=O)O. The van der Waals surface area contributed by atoms with E-state index in [-0.39, 0.29) is 0 Å². The molecule has 7 heteroatoms. The summed E-state index contributed by atoms with van der Waals surface area (Å²) in [6, 6.07) is 11.2. The number of aromatic nitrogens is 3. The lowest BCUT2D eigenvalue weighted by Crippen LogP contribution is -2.00. The molecule has 0 saturated heterocycles. The molecule has 0 amide bonds. The van der Waals surface area contributed by atoms with Crippen molar-refractivity contribution in [2.45, 2.75) is 23.6 Å². The van der Waals surface area contributed by atoms with Crippen LogP contribution in [-0.4, -0.2) is 25.4 Å². The molecule has 4 rings (SSSR count). The first kappa shape index (κ1) is 18.7. The molecule has 0 fully saturated rings. The van der Waals surface area contributed by atoms with Crippen molar-refractivity contribution in [3.63, 3.8) is 0 Å². The molecule has 1 N–H and O–H groups in total. The Bertz CT molecular complexity index is 1230. The van der Waals surface area contributed by atoms with Gasteiger partial charge in [-0.05, 0) is 43.7 Å². The standard InChI is InChI=1S/C21H18ClN3O2S/c1-12-16(21(26)27)5-4-6-19(12)28-20-13(2)25(15-10-23-24(3)11-15)18-9-14(22)7-8-17(18)20/h4-11H,1-3H3,(H,26,27). The van der Waals surface area contributed by atoms with Gasteiger partial charge < -0.3 is 9.67 Å². The molecule has 0 radical (unpaired) electrons. The molecule has 2 heterocycles.